The number of carboxylic acids is 1. The quantitative estimate of drug-likeness (QED) is 0.470. The molecule has 39 heavy (non-hydrogen) atoms. The van der Waals surface area contributed by atoms with Crippen LogP contribution < -0.4 is 10.2 Å². The number of hydrogen-bond acceptors (Lipinski definition) is 7. The molecule has 1 amide bonds. The maximum absolute atomic E-state index is 12.9. The van der Waals surface area contributed by atoms with Crippen molar-refractivity contribution in [2.75, 3.05) is 31.1 Å². The second-order valence-electron chi connectivity index (χ2n) is 8.86. The average molecular weight is 584 g/mol. The number of aliphatic carboxylic acids is 1. The lowest BCUT2D eigenvalue weighted by molar-refractivity contribution is -0.192. The van der Waals surface area contributed by atoms with Crippen molar-refractivity contribution >= 4 is 29.3 Å². The minimum absolute atomic E-state index is 0.0450. The summed E-state index contributed by atoms with van der Waals surface area (Å²) < 4.78 is 70.4. The lowest BCUT2D eigenvalue weighted by Gasteiger charge is -2.34. The van der Waals surface area contributed by atoms with Crippen LogP contribution in [-0.4, -0.2) is 87.5 Å². The number of amides is 1. The number of nitrogens with zero attached hydrogens (tertiary/aromatic N) is 4. The van der Waals surface area contributed by atoms with E-state index in [1.807, 2.05) is 0 Å². The summed E-state index contributed by atoms with van der Waals surface area (Å²) in [5.74, 6) is -3.86. The number of likely N-dealkylation sites (tertiary alicyclic amines) is 1. The molecule has 214 valence electrons. The van der Waals surface area contributed by atoms with E-state index in [0.717, 1.165) is 6.20 Å². The van der Waals surface area contributed by atoms with Crippen LogP contribution in [-0.2, 0) is 11.0 Å². The molecule has 9 nitrogen and oxygen atoms in total. The van der Waals surface area contributed by atoms with Gasteiger partial charge in [0, 0.05) is 49.0 Å². The second kappa shape index (κ2) is 12.3. The van der Waals surface area contributed by atoms with E-state index >= 15 is 0 Å². The van der Waals surface area contributed by atoms with Crippen LogP contribution in [0.5, 0.6) is 0 Å². The number of halogens is 7. The Hall–Kier alpha value is -3.17. The number of alkyl halides is 6. The summed E-state index contributed by atoms with van der Waals surface area (Å²) in [5.41, 5.74) is 0.589. The maximum Gasteiger partial charge on any atom is 0.490 e. The Kier molecular flexibility index (Phi) is 9.61. The van der Waals surface area contributed by atoms with Gasteiger partial charge in [-0.3, -0.25) is 4.79 Å². The summed E-state index contributed by atoms with van der Waals surface area (Å²) in [5, 5.41) is 21.6. The minimum atomic E-state index is -5.08. The predicted molar refractivity (Wildman–Crippen MR) is 126 cm³/mol. The van der Waals surface area contributed by atoms with Crippen molar-refractivity contribution in [2.24, 2.45) is 0 Å². The maximum atomic E-state index is 12.9. The zero-order valence-electron chi connectivity index (χ0n) is 20.1. The van der Waals surface area contributed by atoms with Gasteiger partial charge in [-0.2, -0.15) is 26.3 Å². The molecule has 3 N–H and O–H groups in total. The predicted octanol–water partition coefficient (Wildman–Crippen LogP) is 3.23. The summed E-state index contributed by atoms with van der Waals surface area (Å²) >= 11 is 5.88. The van der Waals surface area contributed by atoms with Crippen LogP contribution in [0.2, 0.25) is 5.02 Å². The summed E-state index contributed by atoms with van der Waals surface area (Å²) in [6, 6.07) is 7.98. The standard InChI is InChI=1S/C21H23ClF3N5O2.C2HF3O2/c22-14-3-1-13(2-4-14)19(32)29-9-6-15(7-10-29)27-16-11-30(12-17(16)31)18-5-8-26-20(28-18)21(23,24)25;3-2(4,5)1(6)7/h1-5,8,15-17,27,31H,6-7,9-12H2;(H,6,7)/t16-,17-;/m1./s1. The first-order valence-electron chi connectivity index (χ1n) is 11.6. The van der Waals surface area contributed by atoms with E-state index in [9.17, 15) is 36.2 Å². The zero-order chi connectivity index (χ0) is 29.0. The fourth-order valence-electron chi connectivity index (χ4n) is 4.13. The fourth-order valence-corrected chi connectivity index (χ4v) is 4.25. The topological polar surface area (TPSA) is 119 Å². The van der Waals surface area contributed by atoms with Gasteiger partial charge in [-0.15, -0.1) is 0 Å². The minimum Gasteiger partial charge on any atom is -0.475 e. The number of carbonyl (C=O) groups excluding carboxylic acids is 1. The number of β-amino-alcohol motifs (C(OH)–C–C–N with tert-alkyl or cyclic N) is 1. The van der Waals surface area contributed by atoms with Gasteiger partial charge in [-0.05, 0) is 43.2 Å². The second-order valence-corrected chi connectivity index (χ2v) is 9.29. The molecule has 3 heterocycles. The Morgan fingerprint density at radius 2 is 1.59 bits per heavy atom. The number of aliphatic hydroxyl groups excluding tert-OH is 1. The number of aromatic nitrogens is 2. The molecule has 1 aromatic carbocycles. The summed E-state index contributed by atoms with van der Waals surface area (Å²) in [4.78, 5) is 31.8. The van der Waals surface area contributed by atoms with Gasteiger partial charge in [0.1, 0.15) is 5.82 Å². The van der Waals surface area contributed by atoms with E-state index in [-0.39, 0.29) is 30.4 Å². The molecule has 2 aromatic rings. The zero-order valence-corrected chi connectivity index (χ0v) is 20.8. The number of carboxylic acid groups (broad SMARTS) is 1. The van der Waals surface area contributed by atoms with Crippen LogP contribution in [0.25, 0.3) is 0 Å². The van der Waals surface area contributed by atoms with Crippen molar-refractivity contribution < 1.29 is 46.1 Å². The number of aliphatic hydroxyl groups is 1. The molecule has 0 aliphatic carbocycles. The highest BCUT2D eigenvalue weighted by Crippen LogP contribution is 2.28. The van der Waals surface area contributed by atoms with Crippen LogP contribution in [0.3, 0.4) is 0 Å². The number of rotatable bonds is 4. The molecular formula is C23H24ClF6N5O4. The monoisotopic (exact) mass is 583 g/mol. The lowest BCUT2D eigenvalue weighted by atomic mass is 10.0. The van der Waals surface area contributed by atoms with Gasteiger partial charge < -0.3 is 25.3 Å². The van der Waals surface area contributed by atoms with Crippen molar-refractivity contribution in [1.82, 2.24) is 20.2 Å². The Labute approximate surface area is 223 Å². The first-order valence-corrected chi connectivity index (χ1v) is 12.0. The highest BCUT2D eigenvalue weighted by atomic mass is 35.5. The number of benzene rings is 1. The molecule has 2 saturated heterocycles. The normalized spacial score (nSPS) is 20.4. The molecule has 0 radical (unpaired) electrons. The molecule has 0 unspecified atom stereocenters. The Morgan fingerprint density at radius 3 is 2.13 bits per heavy atom. The number of anilines is 1. The molecule has 2 fully saturated rings. The summed E-state index contributed by atoms with van der Waals surface area (Å²) in [6.45, 7) is 1.66. The van der Waals surface area contributed by atoms with Gasteiger partial charge in [-0.25, -0.2) is 14.8 Å². The largest absolute Gasteiger partial charge is 0.490 e. The Morgan fingerprint density at radius 1 is 1.00 bits per heavy atom. The average Bonchev–Trinajstić information content (AvgIpc) is 3.24. The van der Waals surface area contributed by atoms with Crippen LogP contribution in [0, 0.1) is 0 Å². The number of nitrogens with one attached hydrogen (secondary N) is 1. The van der Waals surface area contributed by atoms with Gasteiger partial charge in [0.2, 0.25) is 5.82 Å². The van der Waals surface area contributed by atoms with Gasteiger partial charge in [0.25, 0.3) is 5.91 Å². The smallest absolute Gasteiger partial charge is 0.475 e. The van der Waals surface area contributed by atoms with Crippen molar-refractivity contribution in [1.29, 1.82) is 0 Å². The number of piperidine rings is 1. The first kappa shape index (κ1) is 30.4. The highest BCUT2D eigenvalue weighted by molar-refractivity contribution is 6.30. The van der Waals surface area contributed by atoms with Crippen LogP contribution in [0.4, 0.5) is 32.2 Å². The molecule has 2 aliphatic heterocycles. The molecule has 2 atom stereocenters. The van der Waals surface area contributed by atoms with Gasteiger partial charge in [0.05, 0.1) is 12.1 Å². The van der Waals surface area contributed by atoms with Crippen LogP contribution in [0.1, 0.15) is 29.0 Å². The van der Waals surface area contributed by atoms with Crippen molar-refractivity contribution in [2.45, 2.75) is 43.4 Å². The SMILES string of the molecule is O=C(O)C(F)(F)F.O=C(c1ccc(Cl)cc1)N1CCC(N[C@@H]2CN(c3ccnc(C(F)(F)F)n3)C[C@H]2O)CC1. The Bertz CT molecular complexity index is 1140. The third-order valence-electron chi connectivity index (χ3n) is 6.07. The van der Waals surface area contributed by atoms with Crippen LogP contribution >= 0.6 is 11.6 Å². The molecule has 16 heteroatoms. The van der Waals surface area contributed by atoms with Gasteiger partial charge >= 0.3 is 18.3 Å². The molecule has 2 aliphatic rings. The van der Waals surface area contributed by atoms with E-state index < -0.39 is 30.3 Å². The number of hydrogen-bond donors (Lipinski definition) is 3. The third-order valence-corrected chi connectivity index (χ3v) is 6.33. The fraction of sp³-hybridized carbons (Fsp3) is 0.478. The molecule has 4 rings (SSSR count). The van der Waals surface area contributed by atoms with E-state index in [2.05, 4.69) is 15.3 Å². The van der Waals surface area contributed by atoms with E-state index in [1.165, 1.54) is 6.07 Å². The summed E-state index contributed by atoms with van der Waals surface area (Å²) in [7, 11) is 0. The third kappa shape index (κ3) is 8.41. The highest BCUT2D eigenvalue weighted by Gasteiger charge is 2.39. The van der Waals surface area contributed by atoms with Crippen LogP contribution in [0.15, 0.2) is 36.5 Å². The van der Waals surface area contributed by atoms with E-state index in [4.69, 9.17) is 21.5 Å². The molecule has 0 spiro atoms. The van der Waals surface area contributed by atoms with E-state index in [1.54, 1.807) is 34.1 Å². The van der Waals surface area contributed by atoms with E-state index in [0.29, 0.717) is 43.1 Å². The molecule has 1 aromatic heterocycles. The van der Waals surface area contributed by atoms with Gasteiger partial charge in [0.15, 0.2) is 0 Å². The Balaban J connectivity index is 0.000000532. The van der Waals surface area contributed by atoms with Crippen molar-refractivity contribution in [3.63, 3.8) is 0 Å². The molecular weight excluding hydrogens is 560 g/mol. The number of carbonyl (C=O) groups is 2. The molecule has 0 saturated carbocycles. The van der Waals surface area contributed by atoms with Crippen molar-refractivity contribution in [3.05, 3.63) is 52.9 Å². The summed E-state index contributed by atoms with van der Waals surface area (Å²) in [6.07, 6.45) is -7.94. The molecule has 0 bridgehead atoms. The van der Waals surface area contributed by atoms with Crippen molar-refractivity contribution in [3.8, 4) is 0 Å². The lowest BCUT2D eigenvalue weighted by Crippen LogP contribution is -2.50. The van der Waals surface area contributed by atoms with Gasteiger partial charge in [-0.1, -0.05) is 11.6 Å². The first-order chi connectivity index (χ1) is 18.1.